The summed E-state index contributed by atoms with van der Waals surface area (Å²) in [5, 5.41) is 3.02. The Morgan fingerprint density at radius 2 is 2.21 bits per heavy atom. The molecular weight excluding hydrogens is 204 g/mol. The second-order valence-corrected chi connectivity index (χ2v) is 5.78. The van der Waals surface area contributed by atoms with Crippen molar-refractivity contribution < 1.29 is 13.2 Å². The van der Waals surface area contributed by atoms with E-state index in [4.69, 9.17) is 0 Å². The molecule has 0 aromatic heterocycles. The van der Waals surface area contributed by atoms with Crippen LogP contribution in [-0.4, -0.2) is 50.5 Å². The number of hydrogen-bond donors (Lipinski definition) is 1. The van der Waals surface area contributed by atoms with E-state index < -0.39 is 9.84 Å². The summed E-state index contributed by atoms with van der Waals surface area (Å²) in [6.07, 6.45) is 1.99. The Kier molecular flexibility index (Phi) is 3.49. The zero-order chi connectivity index (χ0) is 10.8. The van der Waals surface area contributed by atoms with Gasteiger partial charge in [-0.05, 0) is 6.42 Å². The monoisotopic (exact) mass is 220 g/mol. The van der Waals surface area contributed by atoms with Crippen molar-refractivity contribution >= 4 is 15.7 Å². The molecule has 82 valence electrons. The molecule has 0 spiro atoms. The second kappa shape index (κ2) is 4.27. The smallest absolute Gasteiger partial charge is 0.237 e. The third kappa shape index (κ3) is 2.95. The molecule has 0 radical (unpaired) electrons. The number of carbonyl (C=O) groups is 1. The standard InChI is InChI=1S/C8H16N2O3S/c1-3-7-9-6-8(11)10(7)4-5-14(2,12)13/h7,9H,3-6H2,1-2H3. The molecule has 0 saturated carbocycles. The van der Waals surface area contributed by atoms with Crippen LogP contribution in [0.3, 0.4) is 0 Å². The Labute approximate surface area is 84.4 Å². The molecule has 5 nitrogen and oxygen atoms in total. The van der Waals surface area contributed by atoms with E-state index >= 15 is 0 Å². The molecule has 0 aromatic rings. The lowest BCUT2D eigenvalue weighted by atomic mass is 10.3. The first-order valence-electron chi connectivity index (χ1n) is 4.64. The normalized spacial score (nSPS) is 23.1. The molecule has 1 aliphatic heterocycles. The summed E-state index contributed by atoms with van der Waals surface area (Å²) in [7, 11) is -2.99. The van der Waals surface area contributed by atoms with Gasteiger partial charge in [-0.25, -0.2) is 8.42 Å². The Hall–Kier alpha value is -0.620. The lowest BCUT2D eigenvalue weighted by molar-refractivity contribution is -0.127. The molecule has 1 aliphatic rings. The van der Waals surface area contributed by atoms with Gasteiger partial charge >= 0.3 is 0 Å². The maximum Gasteiger partial charge on any atom is 0.237 e. The highest BCUT2D eigenvalue weighted by Gasteiger charge is 2.28. The van der Waals surface area contributed by atoms with Gasteiger partial charge < -0.3 is 4.90 Å². The summed E-state index contributed by atoms with van der Waals surface area (Å²) in [6.45, 7) is 2.58. The molecule has 1 unspecified atom stereocenters. The van der Waals surface area contributed by atoms with Gasteiger partial charge in [-0.3, -0.25) is 10.1 Å². The van der Waals surface area contributed by atoms with E-state index in [9.17, 15) is 13.2 Å². The SMILES string of the molecule is CCC1NCC(=O)N1CCS(C)(=O)=O. The Morgan fingerprint density at radius 3 is 2.71 bits per heavy atom. The number of sulfone groups is 1. The summed E-state index contributed by atoms with van der Waals surface area (Å²) in [5.41, 5.74) is 0. The average molecular weight is 220 g/mol. The third-order valence-electron chi connectivity index (χ3n) is 2.28. The highest BCUT2D eigenvalue weighted by Crippen LogP contribution is 2.07. The first-order valence-corrected chi connectivity index (χ1v) is 6.70. The molecule has 1 heterocycles. The molecule has 14 heavy (non-hydrogen) atoms. The summed E-state index contributed by atoms with van der Waals surface area (Å²) < 4.78 is 21.9. The maximum absolute atomic E-state index is 11.3. The Morgan fingerprint density at radius 1 is 1.57 bits per heavy atom. The molecule has 0 aliphatic carbocycles. The minimum Gasteiger partial charge on any atom is -0.325 e. The van der Waals surface area contributed by atoms with Gasteiger partial charge in [0.15, 0.2) is 0 Å². The zero-order valence-corrected chi connectivity index (χ0v) is 9.30. The van der Waals surface area contributed by atoms with Crippen molar-refractivity contribution in [2.24, 2.45) is 0 Å². The highest BCUT2D eigenvalue weighted by molar-refractivity contribution is 7.90. The van der Waals surface area contributed by atoms with Gasteiger partial charge in [0, 0.05) is 12.8 Å². The van der Waals surface area contributed by atoms with Crippen LogP contribution in [0.5, 0.6) is 0 Å². The van der Waals surface area contributed by atoms with Crippen LogP contribution in [0.2, 0.25) is 0 Å². The van der Waals surface area contributed by atoms with Crippen molar-refractivity contribution in [3.8, 4) is 0 Å². The largest absolute Gasteiger partial charge is 0.325 e. The van der Waals surface area contributed by atoms with E-state index in [1.165, 1.54) is 6.26 Å². The van der Waals surface area contributed by atoms with Crippen LogP contribution in [0.4, 0.5) is 0 Å². The topological polar surface area (TPSA) is 66.5 Å². The van der Waals surface area contributed by atoms with Crippen molar-refractivity contribution in [1.82, 2.24) is 10.2 Å². The van der Waals surface area contributed by atoms with Crippen molar-refractivity contribution in [2.75, 3.05) is 25.1 Å². The van der Waals surface area contributed by atoms with Gasteiger partial charge in [0.2, 0.25) is 5.91 Å². The summed E-state index contributed by atoms with van der Waals surface area (Å²) in [6, 6.07) is 0. The summed E-state index contributed by atoms with van der Waals surface area (Å²) in [4.78, 5) is 12.9. The molecule has 1 N–H and O–H groups in total. The van der Waals surface area contributed by atoms with Crippen LogP contribution >= 0.6 is 0 Å². The fourth-order valence-electron chi connectivity index (χ4n) is 1.50. The fraction of sp³-hybridized carbons (Fsp3) is 0.875. The number of rotatable bonds is 4. The van der Waals surface area contributed by atoms with E-state index in [0.29, 0.717) is 13.1 Å². The molecular formula is C8H16N2O3S. The number of hydrogen-bond acceptors (Lipinski definition) is 4. The lowest BCUT2D eigenvalue weighted by Crippen LogP contribution is -2.39. The first-order chi connectivity index (χ1) is 6.44. The Balaban J connectivity index is 2.54. The van der Waals surface area contributed by atoms with Crippen LogP contribution in [0.25, 0.3) is 0 Å². The fourth-order valence-corrected chi connectivity index (χ4v) is 2.03. The maximum atomic E-state index is 11.3. The van der Waals surface area contributed by atoms with Gasteiger partial charge in [-0.2, -0.15) is 0 Å². The molecule has 0 bridgehead atoms. The molecule has 0 aromatic carbocycles. The lowest BCUT2D eigenvalue weighted by Gasteiger charge is -2.22. The molecule has 1 rings (SSSR count). The highest BCUT2D eigenvalue weighted by atomic mass is 32.2. The number of nitrogens with zero attached hydrogens (tertiary/aromatic N) is 1. The summed E-state index contributed by atoms with van der Waals surface area (Å²) in [5.74, 6) is 0.0252. The van der Waals surface area contributed by atoms with E-state index in [-0.39, 0.29) is 17.8 Å². The van der Waals surface area contributed by atoms with Crippen LogP contribution in [0, 0.1) is 0 Å². The predicted octanol–water partition coefficient (Wildman–Crippen LogP) is -0.801. The van der Waals surface area contributed by atoms with E-state index in [0.717, 1.165) is 6.42 Å². The van der Waals surface area contributed by atoms with Crippen molar-refractivity contribution in [1.29, 1.82) is 0 Å². The molecule has 1 saturated heterocycles. The van der Waals surface area contributed by atoms with Gasteiger partial charge in [-0.15, -0.1) is 0 Å². The molecule has 1 amide bonds. The third-order valence-corrected chi connectivity index (χ3v) is 3.20. The van der Waals surface area contributed by atoms with Crippen molar-refractivity contribution in [3.63, 3.8) is 0 Å². The van der Waals surface area contributed by atoms with E-state index in [2.05, 4.69) is 5.32 Å². The quantitative estimate of drug-likeness (QED) is 0.673. The van der Waals surface area contributed by atoms with Crippen LogP contribution in [0.15, 0.2) is 0 Å². The summed E-state index contributed by atoms with van der Waals surface area (Å²) >= 11 is 0. The number of amides is 1. The van der Waals surface area contributed by atoms with E-state index in [1.807, 2.05) is 6.92 Å². The van der Waals surface area contributed by atoms with Crippen molar-refractivity contribution in [2.45, 2.75) is 19.5 Å². The molecule has 1 atom stereocenters. The van der Waals surface area contributed by atoms with Crippen LogP contribution < -0.4 is 5.32 Å². The minimum absolute atomic E-state index is 0.00394. The van der Waals surface area contributed by atoms with Gasteiger partial charge in [0.25, 0.3) is 0 Å². The molecule has 6 heteroatoms. The van der Waals surface area contributed by atoms with Gasteiger partial charge in [0.1, 0.15) is 9.84 Å². The number of carbonyl (C=O) groups excluding carboxylic acids is 1. The van der Waals surface area contributed by atoms with Crippen LogP contribution in [-0.2, 0) is 14.6 Å². The zero-order valence-electron chi connectivity index (χ0n) is 8.49. The Bertz CT molecular complexity index is 313. The predicted molar refractivity (Wildman–Crippen MR) is 53.5 cm³/mol. The van der Waals surface area contributed by atoms with Crippen LogP contribution in [0.1, 0.15) is 13.3 Å². The van der Waals surface area contributed by atoms with Gasteiger partial charge in [0.05, 0.1) is 18.5 Å². The second-order valence-electron chi connectivity index (χ2n) is 3.52. The number of nitrogens with one attached hydrogen (secondary N) is 1. The molecule has 1 fully saturated rings. The average Bonchev–Trinajstić information content (AvgIpc) is 2.41. The first kappa shape index (κ1) is 11.5. The van der Waals surface area contributed by atoms with E-state index in [1.54, 1.807) is 4.90 Å². The van der Waals surface area contributed by atoms with Crippen molar-refractivity contribution in [3.05, 3.63) is 0 Å². The minimum atomic E-state index is -2.99. The van der Waals surface area contributed by atoms with Gasteiger partial charge in [-0.1, -0.05) is 6.92 Å².